The number of hydrogen-bond donors (Lipinski definition) is 4. The second kappa shape index (κ2) is 8.50. The van der Waals surface area contributed by atoms with E-state index in [0.29, 0.717) is 13.0 Å². The molecule has 0 aliphatic rings. The molecule has 0 aromatic heterocycles. The van der Waals surface area contributed by atoms with Gasteiger partial charge in [-0.15, -0.1) is 0 Å². The van der Waals surface area contributed by atoms with Crippen LogP contribution in [0.1, 0.15) is 39.5 Å². The van der Waals surface area contributed by atoms with E-state index in [9.17, 15) is 9.90 Å². The van der Waals surface area contributed by atoms with Crippen molar-refractivity contribution >= 4 is 5.97 Å². The highest BCUT2D eigenvalue weighted by molar-refractivity contribution is 5.73. The molecule has 0 bridgehead atoms. The number of carboxylic acids is 1. The fourth-order valence-corrected chi connectivity index (χ4v) is 1.50. The van der Waals surface area contributed by atoms with Gasteiger partial charge in [-0.05, 0) is 31.7 Å². The maximum Gasteiger partial charge on any atom is 0.321 e. The summed E-state index contributed by atoms with van der Waals surface area (Å²) in [5, 5.41) is 21.2. The monoisotopic (exact) mass is 232 g/mol. The van der Waals surface area contributed by atoms with Gasteiger partial charge < -0.3 is 15.9 Å². The number of rotatable bonds is 9. The Bertz CT molecular complexity index is 198. The van der Waals surface area contributed by atoms with E-state index in [1.807, 2.05) is 13.8 Å². The first-order chi connectivity index (χ1) is 7.49. The Hall–Kier alpha value is -0.650. The highest BCUT2D eigenvalue weighted by atomic mass is 16.4. The average molecular weight is 232 g/mol. The Balaban J connectivity index is 3.82. The van der Waals surface area contributed by atoms with Crippen molar-refractivity contribution in [2.45, 2.75) is 51.8 Å². The van der Waals surface area contributed by atoms with Crippen LogP contribution in [0.3, 0.4) is 0 Å². The minimum atomic E-state index is -0.920. The van der Waals surface area contributed by atoms with Gasteiger partial charge in [-0.3, -0.25) is 10.1 Å². The number of nitrogens with one attached hydrogen (secondary N) is 1. The van der Waals surface area contributed by atoms with Crippen molar-refractivity contribution in [1.29, 1.82) is 0 Å². The smallest absolute Gasteiger partial charge is 0.321 e. The van der Waals surface area contributed by atoms with Gasteiger partial charge in [-0.2, -0.15) is 0 Å². The van der Waals surface area contributed by atoms with Gasteiger partial charge in [0.25, 0.3) is 0 Å². The van der Waals surface area contributed by atoms with Gasteiger partial charge in [0.15, 0.2) is 0 Å². The van der Waals surface area contributed by atoms with Crippen LogP contribution in [0.4, 0.5) is 0 Å². The summed E-state index contributed by atoms with van der Waals surface area (Å²) in [5.74, 6) is -0.966. The molecule has 2 atom stereocenters. The molecular weight excluding hydrogens is 208 g/mol. The third-order valence-corrected chi connectivity index (χ3v) is 2.49. The molecule has 96 valence electrons. The first kappa shape index (κ1) is 15.3. The van der Waals surface area contributed by atoms with E-state index in [-0.39, 0.29) is 5.92 Å². The average Bonchev–Trinajstić information content (AvgIpc) is 2.20. The van der Waals surface area contributed by atoms with Crippen molar-refractivity contribution in [1.82, 2.24) is 5.32 Å². The molecule has 0 aromatic rings. The molecule has 0 heterocycles. The number of carbonyl (C=O) groups is 1. The van der Waals surface area contributed by atoms with E-state index in [0.717, 1.165) is 19.3 Å². The molecule has 0 rings (SSSR count). The van der Waals surface area contributed by atoms with Crippen LogP contribution >= 0.6 is 0 Å². The SMILES string of the molecule is CC(C)[C@H](NC(O)CCCCCN)C(=O)O. The van der Waals surface area contributed by atoms with Crippen LogP contribution in [0.25, 0.3) is 0 Å². The second-order valence-corrected chi connectivity index (χ2v) is 4.38. The molecule has 0 aliphatic carbocycles. The summed E-state index contributed by atoms with van der Waals surface area (Å²) in [6.07, 6.45) is 2.58. The van der Waals surface area contributed by atoms with Gasteiger partial charge in [0.2, 0.25) is 0 Å². The Morgan fingerprint density at radius 3 is 2.38 bits per heavy atom. The predicted octanol–water partition coefficient (Wildman–Crippen LogP) is 0.523. The molecular formula is C11H24N2O3. The lowest BCUT2D eigenvalue weighted by atomic mass is 10.0. The van der Waals surface area contributed by atoms with E-state index < -0.39 is 18.2 Å². The van der Waals surface area contributed by atoms with Gasteiger partial charge in [0.05, 0.1) is 0 Å². The lowest BCUT2D eigenvalue weighted by molar-refractivity contribution is -0.141. The van der Waals surface area contributed by atoms with Gasteiger partial charge in [-0.1, -0.05) is 20.3 Å². The van der Waals surface area contributed by atoms with E-state index >= 15 is 0 Å². The molecule has 1 unspecified atom stereocenters. The molecule has 0 aromatic carbocycles. The van der Waals surface area contributed by atoms with E-state index in [1.165, 1.54) is 0 Å². The third-order valence-electron chi connectivity index (χ3n) is 2.49. The van der Waals surface area contributed by atoms with Crippen LogP contribution in [0.2, 0.25) is 0 Å². The van der Waals surface area contributed by atoms with Crippen molar-refractivity contribution in [2.75, 3.05) is 6.54 Å². The van der Waals surface area contributed by atoms with Crippen molar-refractivity contribution < 1.29 is 15.0 Å². The zero-order valence-electron chi connectivity index (χ0n) is 10.1. The summed E-state index contributed by atoms with van der Waals surface area (Å²) in [6, 6.07) is -0.690. The van der Waals surface area contributed by atoms with Gasteiger partial charge >= 0.3 is 5.97 Å². The Morgan fingerprint density at radius 1 is 1.31 bits per heavy atom. The zero-order valence-corrected chi connectivity index (χ0v) is 10.1. The van der Waals surface area contributed by atoms with E-state index in [4.69, 9.17) is 10.8 Å². The van der Waals surface area contributed by atoms with E-state index in [1.54, 1.807) is 0 Å². The fraction of sp³-hybridized carbons (Fsp3) is 0.909. The van der Waals surface area contributed by atoms with Gasteiger partial charge in [-0.25, -0.2) is 0 Å². The van der Waals surface area contributed by atoms with Crippen LogP contribution in [0.15, 0.2) is 0 Å². The van der Waals surface area contributed by atoms with Crippen molar-refractivity contribution in [3.05, 3.63) is 0 Å². The maximum atomic E-state index is 10.9. The minimum Gasteiger partial charge on any atom is -0.480 e. The largest absolute Gasteiger partial charge is 0.480 e. The normalized spacial score (nSPS) is 15.1. The third kappa shape index (κ3) is 6.76. The molecule has 0 radical (unpaired) electrons. The fourth-order valence-electron chi connectivity index (χ4n) is 1.50. The first-order valence-corrected chi connectivity index (χ1v) is 5.86. The summed E-state index contributed by atoms with van der Waals surface area (Å²) in [7, 11) is 0. The van der Waals surface area contributed by atoms with Crippen molar-refractivity contribution in [3.63, 3.8) is 0 Å². The number of aliphatic hydroxyl groups is 1. The maximum absolute atomic E-state index is 10.9. The number of hydrogen-bond acceptors (Lipinski definition) is 4. The lowest BCUT2D eigenvalue weighted by Crippen LogP contribution is -2.46. The molecule has 16 heavy (non-hydrogen) atoms. The highest BCUT2D eigenvalue weighted by Gasteiger charge is 2.23. The first-order valence-electron chi connectivity index (χ1n) is 5.86. The second-order valence-electron chi connectivity index (χ2n) is 4.38. The number of nitrogens with two attached hydrogens (primary N) is 1. The van der Waals surface area contributed by atoms with Crippen LogP contribution in [-0.2, 0) is 4.79 Å². The van der Waals surface area contributed by atoms with E-state index in [2.05, 4.69) is 5.32 Å². The predicted molar refractivity (Wildman–Crippen MR) is 62.9 cm³/mol. The zero-order chi connectivity index (χ0) is 12.6. The van der Waals surface area contributed by atoms with Crippen LogP contribution in [0.5, 0.6) is 0 Å². The van der Waals surface area contributed by atoms with Crippen LogP contribution in [-0.4, -0.2) is 35.0 Å². The molecule has 0 saturated carbocycles. The lowest BCUT2D eigenvalue weighted by Gasteiger charge is -2.22. The Labute approximate surface area is 97.0 Å². The van der Waals surface area contributed by atoms with Gasteiger partial charge in [0, 0.05) is 0 Å². The number of carboxylic acid groups (broad SMARTS) is 1. The summed E-state index contributed by atoms with van der Waals surface area (Å²) >= 11 is 0. The number of unbranched alkanes of at least 4 members (excludes halogenated alkanes) is 2. The standard InChI is InChI=1S/C11H24N2O3/c1-8(2)10(11(15)16)13-9(14)6-4-3-5-7-12/h8-10,13-14H,3-7,12H2,1-2H3,(H,15,16)/t9?,10-/m0/s1. The van der Waals surface area contributed by atoms with Crippen molar-refractivity contribution in [3.8, 4) is 0 Å². The summed E-state index contributed by atoms with van der Waals surface area (Å²) in [6.45, 7) is 4.28. The molecule has 5 heteroatoms. The summed E-state index contributed by atoms with van der Waals surface area (Å²) in [4.78, 5) is 10.9. The van der Waals surface area contributed by atoms with Gasteiger partial charge in [0.1, 0.15) is 12.3 Å². The summed E-state index contributed by atoms with van der Waals surface area (Å²) < 4.78 is 0. The highest BCUT2D eigenvalue weighted by Crippen LogP contribution is 2.06. The minimum absolute atomic E-state index is 0.0452. The van der Waals surface area contributed by atoms with Crippen LogP contribution in [0, 0.1) is 5.92 Å². The molecule has 0 saturated heterocycles. The summed E-state index contributed by atoms with van der Waals surface area (Å²) in [5.41, 5.74) is 5.35. The molecule has 5 nitrogen and oxygen atoms in total. The molecule has 0 spiro atoms. The molecule has 5 N–H and O–H groups in total. The quantitative estimate of drug-likeness (QED) is 0.343. The topological polar surface area (TPSA) is 95.6 Å². The molecule has 0 aliphatic heterocycles. The molecule has 0 amide bonds. The number of aliphatic carboxylic acids is 1. The Kier molecular flexibility index (Phi) is 8.15. The Morgan fingerprint density at radius 2 is 1.94 bits per heavy atom. The van der Waals surface area contributed by atoms with Crippen LogP contribution < -0.4 is 11.1 Å². The number of aliphatic hydroxyl groups excluding tert-OH is 1. The molecule has 0 fully saturated rings. The van der Waals surface area contributed by atoms with Crippen molar-refractivity contribution in [2.24, 2.45) is 11.7 Å².